The summed E-state index contributed by atoms with van der Waals surface area (Å²) >= 11 is 0. The zero-order chi connectivity index (χ0) is 14.4. The van der Waals surface area contributed by atoms with Gasteiger partial charge >= 0.3 is 0 Å². The maximum atomic E-state index is 13.5. The van der Waals surface area contributed by atoms with E-state index in [0.717, 1.165) is 19.0 Å². The summed E-state index contributed by atoms with van der Waals surface area (Å²) in [5, 5.41) is 3.24. The van der Waals surface area contributed by atoms with Gasteiger partial charge < -0.3 is 10.2 Å². The lowest BCUT2D eigenvalue weighted by Crippen LogP contribution is -2.38. The first kappa shape index (κ1) is 16.1. The molecule has 4 heteroatoms. The van der Waals surface area contributed by atoms with Crippen LogP contribution in [0, 0.1) is 17.6 Å². The molecule has 0 aliphatic carbocycles. The van der Waals surface area contributed by atoms with Crippen LogP contribution in [0.1, 0.15) is 25.8 Å². The number of benzene rings is 1. The third kappa shape index (κ3) is 5.66. The molecule has 0 saturated heterocycles. The lowest BCUT2D eigenvalue weighted by atomic mass is 10.0. The fraction of sp³-hybridized carbons (Fsp3) is 0.600. The van der Waals surface area contributed by atoms with Gasteiger partial charge in [0.05, 0.1) is 0 Å². The molecule has 0 heterocycles. The molecular formula is C15H24F2N2. The van der Waals surface area contributed by atoms with Gasteiger partial charge in [0.2, 0.25) is 0 Å². The molecule has 0 aliphatic rings. The fourth-order valence-electron chi connectivity index (χ4n) is 2.06. The van der Waals surface area contributed by atoms with Crippen molar-refractivity contribution in [1.82, 2.24) is 10.2 Å². The average Bonchev–Trinajstić information content (AvgIpc) is 2.29. The standard InChI is InChI=1S/C15H24F2N2/c1-11(2)7-14(19(3)4)10-18-9-12-5-6-13(16)8-15(12)17/h5-6,8,11,14,18H,7,9-10H2,1-4H3. The summed E-state index contributed by atoms with van der Waals surface area (Å²) in [5.41, 5.74) is 0.503. The van der Waals surface area contributed by atoms with E-state index in [1.54, 1.807) is 0 Å². The molecular weight excluding hydrogens is 246 g/mol. The number of rotatable bonds is 7. The second-order valence-corrected chi connectivity index (χ2v) is 5.61. The number of nitrogens with zero attached hydrogens (tertiary/aromatic N) is 1. The Balaban J connectivity index is 2.47. The van der Waals surface area contributed by atoms with Gasteiger partial charge in [-0.3, -0.25) is 0 Å². The normalized spacial score (nSPS) is 13.3. The lowest BCUT2D eigenvalue weighted by molar-refractivity contribution is 0.246. The number of hydrogen-bond donors (Lipinski definition) is 1. The minimum absolute atomic E-state index is 0.420. The van der Waals surface area contributed by atoms with Crippen LogP contribution in [0.25, 0.3) is 0 Å². The van der Waals surface area contributed by atoms with Gasteiger partial charge in [-0.1, -0.05) is 19.9 Å². The first-order valence-electron chi connectivity index (χ1n) is 6.71. The van der Waals surface area contributed by atoms with Gasteiger partial charge in [0.1, 0.15) is 11.6 Å². The quantitative estimate of drug-likeness (QED) is 0.819. The van der Waals surface area contributed by atoms with Gasteiger partial charge in [-0.25, -0.2) is 8.78 Å². The molecule has 19 heavy (non-hydrogen) atoms. The van der Waals surface area contributed by atoms with Gasteiger partial charge in [0.25, 0.3) is 0 Å². The zero-order valence-electron chi connectivity index (χ0n) is 12.2. The van der Waals surface area contributed by atoms with E-state index >= 15 is 0 Å². The second-order valence-electron chi connectivity index (χ2n) is 5.61. The molecule has 1 aromatic carbocycles. The maximum Gasteiger partial charge on any atom is 0.130 e. The molecule has 0 radical (unpaired) electrons. The number of likely N-dealkylation sites (N-methyl/N-ethyl adjacent to an activating group) is 1. The SMILES string of the molecule is CC(C)CC(CNCc1ccc(F)cc1F)N(C)C. The van der Waals surface area contributed by atoms with Crippen molar-refractivity contribution >= 4 is 0 Å². The molecule has 1 rings (SSSR count). The molecule has 1 N–H and O–H groups in total. The number of hydrogen-bond acceptors (Lipinski definition) is 2. The minimum atomic E-state index is -0.535. The van der Waals surface area contributed by atoms with Crippen molar-refractivity contribution in [3.05, 3.63) is 35.4 Å². The summed E-state index contributed by atoms with van der Waals surface area (Å²) in [6.45, 7) is 5.60. The zero-order valence-corrected chi connectivity index (χ0v) is 12.2. The molecule has 0 fully saturated rings. The van der Waals surface area contributed by atoms with Gasteiger partial charge in [0.15, 0.2) is 0 Å². The third-order valence-electron chi connectivity index (χ3n) is 3.18. The van der Waals surface area contributed by atoms with Crippen molar-refractivity contribution in [2.45, 2.75) is 32.9 Å². The van der Waals surface area contributed by atoms with Crippen LogP contribution in [-0.2, 0) is 6.54 Å². The molecule has 108 valence electrons. The van der Waals surface area contributed by atoms with Crippen molar-refractivity contribution in [1.29, 1.82) is 0 Å². The lowest BCUT2D eigenvalue weighted by Gasteiger charge is -2.26. The Morgan fingerprint density at radius 3 is 2.42 bits per heavy atom. The van der Waals surface area contributed by atoms with Crippen LogP contribution >= 0.6 is 0 Å². The minimum Gasteiger partial charge on any atom is -0.311 e. The Morgan fingerprint density at radius 2 is 1.89 bits per heavy atom. The molecule has 0 aliphatic heterocycles. The van der Waals surface area contributed by atoms with Crippen LogP contribution < -0.4 is 5.32 Å². The van der Waals surface area contributed by atoms with Crippen LogP contribution in [0.15, 0.2) is 18.2 Å². The predicted molar refractivity (Wildman–Crippen MR) is 75.0 cm³/mol. The summed E-state index contributed by atoms with van der Waals surface area (Å²) in [4.78, 5) is 2.17. The van der Waals surface area contributed by atoms with Gasteiger partial charge in [-0.2, -0.15) is 0 Å². The monoisotopic (exact) mass is 270 g/mol. The highest BCUT2D eigenvalue weighted by Gasteiger charge is 2.13. The molecule has 0 amide bonds. The van der Waals surface area contributed by atoms with Gasteiger partial charge in [-0.15, -0.1) is 0 Å². The Kier molecular flexibility index (Phi) is 6.38. The van der Waals surface area contributed by atoms with E-state index < -0.39 is 11.6 Å². The van der Waals surface area contributed by atoms with Crippen molar-refractivity contribution in [2.75, 3.05) is 20.6 Å². The molecule has 2 nitrogen and oxygen atoms in total. The molecule has 1 atom stereocenters. The van der Waals surface area contributed by atoms with Crippen LogP contribution in [0.5, 0.6) is 0 Å². The summed E-state index contributed by atoms with van der Waals surface area (Å²) in [6.07, 6.45) is 1.09. The van der Waals surface area contributed by atoms with Crippen LogP contribution in [0.3, 0.4) is 0 Å². The topological polar surface area (TPSA) is 15.3 Å². The summed E-state index contributed by atoms with van der Waals surface area (Å²) < 4.78 is 26.2. The molecule has 0 spiro atoms. The largest absolute Gasteiger partial charge is 0.311 e. The first-order chi connectivity index (χ1) is 8.90. The molecule has 0 bridgehead atoms. The Hall–Kier alpha value is -1.00. The summed E-state index contributed by atoms with van der Waals surface area (Å²) in [5.74, 6) is -0.401. The highest BCUT2D eigenvalue weighted by Crippen LogP contribution is 2.11. The van der Waals surface area contributed by atoms with E-state index in [1.807, 2.05) is 14.1 Å². The Bertz CT molecular complexity index is 392. The third-order valence-corrected chi connectivity index (χ3v) is 3.18. The van der Waals surface area contributed by atoms with E-state index in [9.17, 15) is 8.78 Å². The van der Waals surface area contributed by atoms with Gasteiger partial charge in [-0.05, 0) is 32.5 Å². The van der Waals surface area contributed by atoms with Crippen LogP contribution in [0.2, 0.25) is 0 Å². The van der Waals surface area contributed by atoms with Crippen molar-refractivity contribution in [3.8, 4) is 0 Å². The molecule has 0 aromatic heterocycles. The molecule has 1 aromatic rings. The average molecular weight is 270 g/mol. The van der Waals surface area contributed by atoms with E-state index in [1.165, 1.54) is 12.1 Å². The van der Waals surface area contributed by atoms with Crippen molar-refractivity contribution in [3.63, 3.8) is 0 Å². The number of halogens is 2. The first-order valence-corrected chi connectivity index (χ1v) is 6.71. The fourth-order valence-corrected chi connectivity index (χ4v) is 2.06. The Labute approximate surface area is 114 Å². The highest BCUT2D eigenvalue weighted by molar-refractivity contribution is 5.18. The second kappa shape index (κ2) is 7.56. The van der Waals surface area contributed by atoms with Crippen LogP contribution in [-0.4, -0.2) is 31.6 Å². The molecule has 0 saturated carbocycles. The van der Waals surface area contributed by atoms with E-state index in [0.29, 0.717) is 24.1 Å². The van der Waals surface area contributed by atoms with E-state index in [4.69, 9.17) is 0 Å². The Morgan fingerprint density at radius 1 is 1.21 bits per heavy atom. The molecule has 1 unspecified atom stereocenters. The summed E-state index contributed by atoms with van der Waals surface area (Å²) in [6, 6.07) is 4.13. The van der Waals surface area contributed by atoms with E-state index in [-0.39, 0.29) is 0 Å². The highest BCUT2D eigenvalue weighted by atomic mass is 19.1. The van der Waals surface area contributed by atoms with Gasteiger partial charge in [0, 0.05) is 30.8 Å². The van der Waals surface area contributed by atoms with Crippen molar-refractivity contribution < 1.29 is 8.78 Å². The number of nitrogens with one attached hydrogen (secondary N) is 1. The maximum absolute atomic E-state index is 13.5. The van der Waals surface area contributed by atoms with Crippen LogP contribution in [0.4, 0.5) is 8.78 Å². The van der Waals surface area contributed by atoms with E-state index in [2.05, 4.69) is 24.1 Å². The van der Waals surface area contributed by atoms with Crippen molar-refractivity contribution in [2.24, 2.45) is 5.92 Å². The summed E-state index contributed by atoms with van der Waals surface area (Å²) in [7, 11) is 4.10. The predicted octanol–water partition coefficient (Wildman–Crippen LogP) is 3.03. The smallest absolute Gasteiger partial charge is 0.130 e.